The van der Waals surface area contributed by atoms with Crippen molar-refractivity contribution in [3.8, 4) is 0 Å². The molecule has 0 aliphatic carbocycles. The zero-order valence-electron chi connectivity index (χ0n) is 8.72. The Hall–Kier alpha value is -1.39. The highest BCUT2D eigenvalue weighted by Gasteiger charge is 2.11. The summed E-state index contributed by atoms with van der Waals surface area (Å²) in [5.41, 5.74) is 2.09. The molecule has 0 N–H and O–H groups in total. The molecule has 0 spiro atoms. The van der Waals surface area contributed by atoms with Crippen molar-refractivity contribution in [1.29, 1.82) is 0 Å². The average molecular weight is 303 g/mol. The number of rotatable bonds is 0. The van der Waals surface area contributed by atoms with E-state index in [1.165, 1.54) is 14.9 Å². The molecule has 0 aliphatic rings. The first-order valence-electron chi connectivity index (χ1n) is 5.28. The number of aromatic nitrogens is 2. The van der Waals surface area contributed by atoms with E-state index in [0.717, 1.165) is 15.6 Å². The lowest BCUT2D eigenvalue weighted by Gasteiger charge is -1.93. The minimum Gasteiger partial charge on any atom is -0.291 e. The summed E-state index contributed by atoms with van der Waals surface area (Å²) in [4.78, 5) is 5.92. The van der Waals surface area contributed by atoms with E-state index < -0.39 is 0 Å². The average Bonchev–Trinajstić information content (AvgIpc) is 2.84. The second-order valence-electron chi connectivity index (χ2n) is 3.94. The molecule has 17 heavy (non-hydrogen) atoms. The molecule has 0 atom stereocenters. The van der Waals surface area contributed by atoms with Gasteiger partial charge in [0.05, 0.1) is 0 Å². The third kappa shape index (κ3) is 1.28. The fraction of sp³-hybridized carbons (Fsp3) is 0. The normalized spacial score (nSPS) is 11.8. The lowest BCUT2D eigenvalue weighted by Crippen LogP contribution is -1.81. The van der Waals surface area contributed by atoms with Crippen LogP contribution in [0.4, 0.5) is 0 Å². The van der Waals surface area contributed by atoms with E-state index in [4.69, 9.17) is 4.98 Å². The monoisotopic (exact) mass is 302 g/mol. The van der Waals surface area contributed by atoms with E-state index in [9.17, 15) is 0 Å². The van der Waals surface area contributed by atoms with Crippen LogP contribution in [-0.2, 0) is 0 Å². The van der Waals surface area contributed by atoms with E-state index in [2.05, 4.69) is 50.8 Å². The zero-order chi connectivity index (χ0) is 11.4. The molecule has 0 saturated carbocycles. The van der Waals surface area contributed by atoms with E-state index in [1.54, 1.807) is 11.3 Å². The van der Waals surface area contributed by atoms with Gasteiger partial charge in [0.25, 0.3) is 0 Å². The Balaban J connectivity index is 2.29. The first-order valence-corrected chi connectivity index (χ1v) is 6.89. The Morgan fingerprint density at radius 2 is 2.06 bits per heavy atom. The second kappa shape index (κ2) is 3.31. The van der Waals surface area contributed by atoms with E-state index >= 15 is 0 Å². The number of hydrogen-bond donors (Lipinski definition) is 0. The van der Waals surface area contributed by atoms with E-state index in [1.807, 2.05) is 12.1 Å². The van der Waals surface area contributed by atoms with Gasteiger partial charge in [-0.3, -0.25) is 4.40 Å². The summed E-state index contributed by atoms with van der Waals surface area (Å²) in [7, 11) is 0. The molecule has 0 radical (unpaired) electrons. The molecule has 0 aliphatic heterocycles. The maximum absolute atomic E-state index is 4.71. The highest BCUT2D eigenvalue weighted by Crippen LogP contribution is 2.34. The number of pyridine rings is 1. The summed E-state index contributed by atoms with van der Waals surface area (Å²) in [6.45, 7) is 0. The van der Waals surface area contributed by atoms with Crippen LogP contribution in [0.5, 0.6) is 0 Å². The number of benzene rings is 1. The fourth-order valence-corrected chi connectivity index (χ4v) is 3.58. The topological polar surface area (TPSA) is 17.3 Å². The largest absolute Gasteiger partial charge is 0.291 e. The van der Waals surface area contributed by atoms with Gasteiger partial charge in [0, 0.05) is 20.8 Å². The Labute approximate surface area is 110 Å². The predicted octanol–water partition coefficient (Wildman–Crippen LogP) is 4.46. The molecule has 4 heteroatoms. The Morgan fingerprint density at radius 1 is 1.18 bits per heavy atom. The maximum atomic E-state index is 4.71. The van der Waals surface area contributed by atoms with Crippen molar-refractivity contribution in [3.05, 3.63) is 47.1 Å². The SMILES string of the molecule is Brc1ccn2c(c1)nc1c3ccccc3sc12. The van der Waals surface area contributed by atoms with Crippen molar-refractivity contribution in [3.63, 3.8) is 0 Å². The predicted molar refractivity (Wildman–Crippen MR) is 75.8 cm³/mol. The Kier molecular flexibility index (Phi) is 1.87. The van der Waals surface area contributed by atoms with Gasteiger partial charge in [0.1, 0.15) is 16.0 Å². The van der Waals surface area contributed by atoms with Crippen molar-refractivity contribution in [2.24, 2.45) is 0 Å². The van der Waals surface area contributed by atoms with Gasteiger partial charge < -0.3 is 0 Å². The number of imidazole rings is 1. The van der Waals surface area contributed by atoms with Crippen LogP contribution < -0.4 is 0 Å². The van der Waals surface area contributed by atoms with Gasteiger partial charge >= 0.3 is 0 Å². The molecule has 0 amide bonds. The molecular formula is C13H7BrN2S. The Morgan fingerprint density at radius 3 is 3.00 bits per heavy atom. The summed E-state index contributed by atoms with van der Waals surface area (Å²) in [5.74, 6) is 0. The third-order valence-corrected chi connectivity index (χ3v) is 4.55. The molecule has 4 rings (SSSR count). The molecule has 3 aromatic heterocycles. The molecule has 3 heterocycles. The van der Waals surface area contributed by atoms with Gasteiger partial charge in [0.15, 0.2) is 0 Å². The fourth-order valence-electron chi connectivity index (χ4n) is 2.13. The quantitative estimate of drug-likeness (QED) is 0.468. The molecule has 1 aromatic carbocycles. The van der Waals surface area contributed by atoms with Crippen LogP contribution in [0, 0.1) is 0 Å². The van der Waals surface area contributed by atoms with Crippen LogP contribution in [-0.4, -0.2) is 9.38 Å². The molecule has 0 saturated heterocycles. The number of thiophene rings is 1. The molecule has 4 aromatic rings. The van der Waals surface area contributed by atoms with Crippen LogP contribution >= 0.6 is 27.3 Å². The van der Waals surface area contributed by atoms with Crippen LogP contribution in [0.25, 0.3) is 26.1 Å². The van der Waals surface area contributed by atoms with Crippen molar-refractivity contribution < 1.29 is 0 Å². The number of nitrogens with zero attached hydrogens (tertiary/aromatic N) is 2. The third-order valence-electron chi connectivity index (χ3n) is 2.89. The smallest absolute Gasteiger partial charge is 0.139 e. The van der Waals surface area contributed by atoms with Gasteiger partial charge in [-0.2, -0.15) is 0 Å². The lowest BCUT2D eigenvalue weighted by atomic mass is 10.2. The summed E-state index contributed by atoms with van der Waals surface area (Å²) in [5, 5.41) is 1.24. The van der Waals surface area contributed by atoms with Gasteiger partial charge in [-0.25, -0.2) is 4.98 Å². The molecule has 0 fully saturated rings. The Bertz CT molecular complexity index is 860. The standard InChI is InChI=1S/C13H7BrN2S/c14-8-5-6-16-11(7-8)15-12-9-3-1-2-4-10(9)17-13(12)16/h1-7H. The van der Waals surface area contributed by atoms with Crippen LogP contribution in [0.15, 0.2) is 47.1 Å². The van der Waals surface area contributed by atoms with Gasteiger partial charge in [-0.1, -0.05) is 34.1 Å². The molecule has 82 valence electrons. The van der Waals surface area contributed by atoms with Crippen LogP contribution in [0.2, 0.25) is 0 Å². The summed E-state index contributed by atoms with van der Waals surface area (Å²) in [6, 6.07) is 12.5. The van der Waals surface area contributed by atoms with E-state index in [0.29, 0.717) is 0 Å². The van der Waals surface area contributed by atoms with Crippen LogP contribution in [0.3, 0.4) is 0 Å². The lowest BCUT2D eigenvalue weighted by molar-refractivity contribution is 1.23. The van der Waals surface area contributed by atoms with Crippen molar-refractivity contribution >= 4 is 53.3 Å². The summed E-state index contributed by atoms with van der Waals surface area (Å²) >= 11 is 5.27. The summed E-state index contributed by atoms with van der Waals surface area (Å²) in [6.07, 6.45) is 2.06. The minimum atomic E-state index is 0.992. The molecule has 0 bridgehead atoms. The highest BCUT2D eigenvalue weighted by atomic mass is 79.9. The van der Waals surface area contributed by atoms with E-state index in [-0.39, 0.29) is 0 Å². The van der Waals surface area contributed by atoms with Gasteiger partial charge in [0.2, 0.25) is 0 Å². The number of hydrogen-bond acceptors (Lipinski definition) is 2. The van der Waals surface area contributed by atoms with Crippen molar-refractivity contribution in [2.45, 2.75) is 0 Å². The summed E-state index contributed by atoms with van der Waals surface area (Å²) < 4.78 is 4.50. The first kappa shape index (κ1) is 9.62. The highest BCUT2D eigenvalue weighted by molar-refractivity contribution is 9.10. The number of halogens is 1. The molecule has 2 nitrogen and oxygen atoms in total. The zero-order valence-corrected chi connectivity index (χ0v) is 11.1. The van der Waals surface area contributed by atoms with Crippen molar-refractivity contribution in [2.75, 3.05) is 0 Å². The van der Waals surface area contributed by atoms with Crippen molar-refractivity contribution in [1.82, 2.24) is 9.38 Å². The first-order chi connectivity index (χ1) is 8.33. The van der Waals surface area contributed by atoms with Gasteiger partial charge in [-0.15, -0.1) is 11.3 Å². The molecular weight excluding hydrogens is 296 g/mol. The minimum absolute atomic E-state index is 0.992. The van der Waals surface area contributed by atoms with Crippen LogP contribution in [0.1, 0.15) is 0 Å². The maximum Gasteiger partial charge on any atom is 0.139 e. The second-order valence-corrected chi connectivity index (χ2v) is 5.88. The molecule has 0 unspecified atom stereocenters. The van der Waals surface area contributed by atoms with Gasteiger partial charge in [-0.05, 0) is 18.2 Å². The number of fused-ring (bicyclic) bond motifs is 5.